The van der Waals surface area contributed by atoms with E-state index in [1.165, 1.54) is 12.8 Å². The summed E-state index contributed by atoms with van der Waals surface area (Å²) in [7, 11) is 2.21. The first-order valence-electron chi connectivity index (χ1n) is 5.09. The van der Waals surface area contributed by atoms with Crippen molar-refractivity contribution in [1.29, 1.82) is 0 Å². The van der Waals surface area contributed by atoms with Crippen LogP contribution < -0.4 is 0 Å². The molecule has 2 bridgehead atoms. The molecule has 2 aliphatic heterocycles. The molecular weight excluding hydrogens is 150 g/mol. The molecule has 2 rings (SSSR count). The van der Waals surface area contributed by atoms with Crippen molar-refractivity contribution >= 4 is 0 Å². The Kier molecular flexibility index (Phi) is 1.92. The highest BCUT2D eigenvalue weighted by molar-refractivity contribution is 5.00. The normalized spacial score (nSPS) is 48.2. The smallest absolute Gasteiger partial charge is 0.0675 e. The van der Waals surface area contributed by atoms with Gasteiger partial charge in [0.05, 0.1) is 5.60 Å². The van der Waals surface area contributed by atoms with E-state index in [0.717, 1.165) is 19.3 Å². The molecule has 0 radical (unpaired) electrons. The molecule has 0 aromatic carbocycles. The zero-order chi connectivity index (χ0) is 8.77. The summed E-state index contributed by atoms with van der Waals surface area (Å²) in [5.41, 5.74) is -0.335. The molecule has 2 fully saturated rings. The summed E-state index contributed by atoms with van der Waals surface area (Å²) in [6, 6.07) is 1.32. The van der Waals surface area contributed by atoms with Crippen LogP contribution in [0.1, 0.15) is 39.0 Å². The van der Waals surface area contributed by atoms with Crippen molar-refractivity contribution in [3.8, 4) is 0 Å². The molecule has 70 valence electrons. The van der Waals surface area contributed by atoms with Crippen LogP contribution >= 0.6 is 0 Å². The number of hydrogen-bond acceptors (Lipinski definition) is 2. The number of fused-ring (bicyclic) bond motifs is 2. The number of hydrogen-bond donors (Lipinski definition) is 1. The topological polar surface area (TPSA) is 23.5 Å². The molecule has 2 saturated heterocycles. The molecule has 2 unspecified atom stereocenters. The van der Waals surface area contributed by atoms with Crippen molar-refractivity contribution in [1.82, 2.24) is 4.90 Å². The van der Waals surface area contributed by atoms with E-state index in [2.05, 4.69) is 18.9 Å². The molecule has 2 nitrogen and oxygen atoms in total. The summed E-state index contributed by atoms with van der Waals surface area (Å²) >= 11 is 0. The van der Waals surface area contributed by atoms with Crippen LogP contribution in [0.15, 0.2) is 0 Å². The van der Waals surface area contributed by atoms with E-state index in [1.807, 2.05) is 0 Å². The average molecular weight is 169 g/mol. The summed E-state index contributed by atoms with van der Waals surface area (Å²) in [4.78, 5) is 2.46. The minimum absolute atomic E-state index is 0.335. The van der Waals surface area contributed by atoms with Gasteiger partial charge >= 0.3 is 0 Å². The second-order valence-corrected chi connectivity index (χ2v) is 4.54. The van der Waals surface area contributed by atoms with Gasteiger partial charge in [0.2, 0.25) is 0 Å². The molecule has 0 aromatic heterocycles. The predicted octanol–water partition coefficient (Wildman–Crippen LogP) is 1.38. The first-order chi connectivity index (χ1) is 5.64. The zero-order valence-electron chi connectivity index (χ0n) is 8.08. The van der Waals surface area contributed by atoms with Crippen molar-refractivity contribution in [2.75, 3.05) is 7.05 Å². The molecule has 2 aliphatic rings. The monoisotopic (exact) mass is 169 g/mol. The van der Waals surface area contributed by atoms with E-state index in [4.69, 9.17) is 0 Å². The largest absolute Gasteiger partial charge is 0.390 e. The molecule has 0 amide bonds. The third-order valence-corrected chi connectivity index (χ3v) is 3.87. The van der Waals surface area contributed by atoms with Crippen LogP contribution in [-0.2, 0) is 0 Å². The molecule has 2 atom stereocenters. The minimum atomic E-state index is -0.335. The van der Waals surface area contributed by atoms with Crippen LogP contribution in [0.3, 0.4) is 0 Å². The van der Waals surface area contributed by atoms with E-state index in [-0.39, 0.29) is 5.60 Å². The first kappa shape index (κ1) is 8.52. The third-order valence-electron chi connectivity index (χ3n) is 3.87. The fourth-order valence-corrected chi connectivity index (χ4v) is 2.83. The predicted molar refractivity (Wildman–Crippen MR) is 49.0 cm³/mol. The highest BCUT2D eigenvalue weighted by atomic mass is 16.3. The molecule has 12 heavy (non-hydrogen) atoms. The van der Waals surface area contributed by atoms with Crippen LogP contribution in [0.2, 0.25) is 0 Å². The van der Waals surface area contributed by atoms with Crippen LogP contribution in [0.5, 0.6) is 0 Å². The van der Waals surface area contributed by atoms with Gasteiger partial charge < -0.3 is 10.0 Å². The molecule has 0 spiro atoms. The zero-order valence-corrected chi connectivity index (χ0v) is 8.08. The minimum Gasteiger partial charge on any atom is -0.390 e. The molecule has 1 N–H and O–H groups in total. The van der Waals surface area contributed by atoms with E-state index >= 15 is 0 Å². The average Bonchev–Trinajstić information content (AvgIpc) is 2.32. The van der Waals surface area contributed by atoms with Crippen molar-refractivity contribution in [3.63, 3.8) is 0 Å². The van der Waals surface area contributed by atoms with Crippen LogP contribution in [0.25, 0.3) is 0 Å². The number of nitrogens with zero attached hydrogens (tertiary/aromatic N) is 1. The van der Waals surface area contributed by atoms with E-state index < -0.39 is 0 Å². The maximum atomic E-state index is 10.2. The standard InChI is InChI=1S/C10H19NO/c1-3-10(12)6-8-4-5-9(7-10)11(8)2/h8-9,12H,3-7H2,1-2H3. The van der Waals surface area contributed by atoms with Crippen molar-refractivity contribution in [2.45, 2.75) is 56.7 Å². The van der Waals surface area contributed by atoms with Gasteiger partial charge in [-0.15, -0.1) is 0 Å². The lowest BCUT2D eigenvalue weighted by atomic mass is 9.84. The van der Waals surface area contributed by atoms with Gasteiger partial charge in [-0.25, -0.2) is 0 Å². The van der Waals surface area contributed by atoms with E-state index in [0.29, 0.717) is 12.1 Å². The molecule has 2 heterocycles. The van der Waals surface area contributed by atoms with Gasteiger partial charge in [-0.3, -0.25) is 0 Å². The quantitative estimate of drug-likeness (QED) is 0.641. The number of piperidine rings is 1. The fraction of sp³-hybridized carbons (Fsp3) is 1.00. The van der Waals surface area contributed by atoms with Gasteiger partial charge in [0, 0.05) is 12.1 Å². The Morgan fingerprint density at radius 1 is 1.33 bits per heavy atom. The lowest BCUT2D eigenvalue weighted by Gasteiger charge is -2.41. The molecule has 0 aliphatic carbocycles. The van der Waals surface area contributed by atoms with Crippen molar-refractivity contribution in [2.24, 2.45) is 0 Å². The summed E-state index contributed by atoms with van der Waals surface area (Å²) in [5, 5.41) is 10.2. The third kappa shape index (κ3) is 1.17. The number of rotatable bonds is 1. The summed E-state index contributed by atoms with van der Waals surface area (Å²) in [6.45, 7) is 2.10. The molecule has 0 saturated carbocycles. The van der Waals surface area contributed by atoms with Gasteiger partial charge in [-0.1, -0.05) is 6.92 Å². The SMILES string of the molecule is CCC1(O)CC2CCC(C1)N2C. The Hall–Kier alpha value is -0.0800. The van der Waals surface area contributed by atoms with Gasteiger partial charge in [0.1, 0.15) is 0 Å². The first-order valence-corrected chi connectivity index (χ1v) is 5.09. The van der Waals surface area contributed by atoms with E-state index in [9.17, 15) is 5.11 Å². The summed E-state index contributed by atoms with van der Waals surface area (Å²) in [6.07, 6.45) is 5.51. The van der Waals surface area contributed by atoms with Gasteiger partial charge in [0.25, 0.3) is 0 Å². The fourth-order valence-electron chi connectivity index (χ4n) is 2.83. The van der Waals surface area contributed by atoms with Crippen LogP contribution in [0.4, 0.5) is 0 Å². The van der Waals surface area contributed by atoms with Gasteiger partial charge in [-0.05, 0) is 39.2 Å². The van der Waals surface area contributed by atoms with Crippen molar-refractivity contribution in [3.05, 3.63) is 0 Å². The highest BCUT2D eigenvalue weighted by Crippen LogP contribution is 2.40. The highest BCUT2D eigenvalue weighted by Gasteiger charge is 2.44. The Bertz CT molecular complexity index is 167. The summed E-state index contributed by atoms with van der Waals surface area (Å²) in [5.74, 6) is 0. The number of aliphatic hydroxyl groups is 1. The Morgan fingerprint density at radius 3 is 2.25 bits per heavy atom. The van der Waals surface area contributed by atoms with E-state index in [1.54, 1.807) is 0 Å². The Morgan fingerprint density at radius 2 is 1.83 bits per heavy atom. The second kappa shape index (κ2) is 2.71. The summed E-state index contributed by atoms with van der Waals surface area (Å²) < 4.78 is 0. The second-order valence-electron chi connectivity index (χ2n) is 4.54. The Labute approximate surface area is 74.6 Å². The lowest BCUT2D eigenvalue weighted by Crippen LogP contribution is -2.48. The van der Waals surface area contributed by atoms with Crippen LogP contribution in [0, 0.1) is 0 Å². The Balaban J connectivity index is 2.12. The maximum Gasteiger partial charge on any atom is 0.0675 e. The van der Waals surface area contributed by atoms with Crippen LogP contribution in [-0.4, -0.2) is 34.7 Å². The van der Waals surface area contributed by atoms with Crippen molar-refractivity contribution < 1.29 is 5.11 Å². The van der Waals surface area contributed by atoms with Gasteiger partial charge in [-0.2, -0.15) is 0 Å². The lowest BCUT2D eigenvalue weighted by molar-refractivity contribution is -0.0466. The molecular formula is C10H19NO. The van der Waals surface area contributed by atoms with Gasteiger partial charge in [0.15, 0.2) is 0 Å². The maximum absolute atomic E-state index is 10.2. The molecule has 2 heteroatoms. The molecule has 0 aromatic rings.